The van der Waals surface area contributed by atoms with Crippen molar-refractivity contribution in [2.45, 2.75) is 15.2 Å². The monoisotopic (exact) mass is 502 g/mol. The van der Waals surface area contributed by atoms with Crippen LogP contribution in [0.5, 0.6) is 0 Å². The predicted molar refractivity (Wildman–Crippen MR) is 143 cm³/mol. The molecule has 0 saturated heterocycles. The SMILES string of the molecule is Brc1ccc2c(c1)C=Cc1ccccc1C21c2ccccc2Sc2cc3ccccc3cc21. The van der Waals surface area contributed by atoms with Crippen molar-refractivity contribution in [3.05, 3.63) is 141 Å². The summed E-state index contributed by atoms with van der Waals surface area (Å²) in [5, 5.41) is 2.57. The van der Waals surface area contributed by atoms with E-state index in [0.29, 0.717) is 0 Å². The minimum Gasteiger partial charge on any atom is -0.0894 e. The van der Waals surface area contributed by atoms with Gasteiger partial charge in [-0.15, -0.1) is 0 Å². The molecule has 5 aromatic rings. The van der Waals surface area contributed by atoms with Crippen LogP contribution in [-0.4, -0.2) is 0 Å². The minimum absolute atomic E-state index is 0.392. The highest BCUT2D eigenvalue weighted by atomic mass is 79.9. The number of hydrogen-bond acceptors (Lipinski definition) is 1. The predicted octanol–water partition coefficient (Wildman–Crippen LogP) is 8.93. The van der Waals surface area contributed by atoms with E-state index in [2.05, 4.69) is 131 Å². The van der Waals surface area contributed by atoms with Crippen molar-refractivity contribution in [3.63, 3.8) is 0 Å². The smallest absolute Gasteiger partial charge is 0.0735 e. The van der Waals surface area contributed by atoms with E-state index in [4.69, 9.17) is 0 Å². The van der Waals surface area contributed by atoms with Gasteiger partial charge in [-0.2, -0.15) is 0 Å². The van der Waals surface area contributed by atoms with Crippen molar-refractivity contribution in [1.29, 1.82) is 0 Å². The van der Waals surface area contributed by atoms with E-state index in [1.165, 1.54) is 53.9 Å². The molecule has 0 radical (unpaired) electrons. The molecule has 1 unspecified atom stereocenters. The molecule has 7 rings (SSSR count). The highest BCUT2D eigenvalue weighted by molar-refractivity contribution is 9.10. The Balaban J connectivity index is 1.73. The van der Waals surface area contributed by atoms with Gasteiger partial charge in [-0.25, -0.2) is 0 Å². The summed E-state index contributed by atoms with van der Waals surface area (Å²) in [7, 11) is 0. The molecule has 0 bridgehead atoms. The molecule has 0 fully saturated rings. The summed E-state index contributed by atoms with van der Waals surface area (Å²) in [5.41, 5.74) is 7.52. The van der Waals surface area contributed by atoms with Crippen molar-refractivity contribution in [1.82, 2.24) is 0 Å². The van der Waals surface area contributed by atoms with Crippen LogP contribution in [0, 0.1) is 0 Å². The summed E-state index contributed by atoms with van der Waals surface area (Å²) in [5.74, 6) is 0. The van der Waals surface area contributed by atoms with Crippen LogP contribution in [0.15, 0.2) is 117 Å². The zero-order valence-corrected chi connectivity index (χ0v) is 20.2. The van der Waals surface area contributed by atoms with Crippen LogP contribution in [0.2, 0.25) is 0 Å². The van der Waals surface area contributed by atoms with Gasteiger partial charge in [0.15, 0.2) is 0 Å². The largest absolute Gasteiger partial charge is 0.0894 e. The Hall–Kier alpha value is -3.07. The maximum Gasteiger partial charge on any atom is 0.0735 e. The number of hydrogen-bond donors (Lipinski definition) is 0. The van der Waals surface area contributed by atoms with E-state index in [9.17, 15) is 0 Å². The Morgan fingerprint density at radius 1 is 0.515 bits per heavy atom. The van der Waals surface area contributed by atoms with Gasteiger partial charge in [0.25, 0.3) is 0 Å². The molecule has 1 atom stereocenters. The summed E-state index contributed by atoms with van der Waals surface area (Å²) >= 11 is 5.62. The van der Waals surface area contributed by atoms with Crippen molar-refractivity contribution in [3.8, 4) is 0 Å². The maximum absolute atomic E-state index is 3.72. The molecule has 1 heterocycles. The van der Waals surface area contributed by atoms with Crippen LogP contribution in [0.25, 0.3) is 22.9 Å². The molecule has 0 N–H and O–H groups in total. The normalized spacial score (nSPS) is 17.7. The molecule has 1 aliphatic heterocycles. The van der Waals surface area contributed by atoms with Gasteiger partial charge in [-0.1, -0.05) is 113 Å². The van der Waals surface area contributed by atoms with Gasteiger partial charge in [0.05, 0.1) is 5.41 Å². The van der Waals surface area contributed by atoms with E-state index >= 15 is 0 Å². The quantitative estimate of drug-likeness (QED) is 0.199. The Labute approximate surface area is 206 Å². The fraction of sp³-hybridized carbons (Fsp3) is 0.0323. The first-order chi connectivity index (χ1) is 16.2. The first-order valence-electron chi connectivity index (χ1n) is 11.1. The lowest BCUT2D eigenvalue weighted by molar-refractivity contribution is 0.702. The Morgan fingerprint density at radius 2 is 1.18 bits per heavy atom. The third kappa shape index (κ3) is 2.71. The van der Waals surface area contributed by atoms with E-state index < -0.39 is 5.41 Å². The maximum atomic E-state index is 3.72. The zero-order valence-electron chi connectivity index (χ0n) is 17.8. The highest BCUT2D eigenvalue weighted by Crippen LogP contribution is 2.58. The summed E-state index contributed by atoms with van der Waals surface area (Å²) in [6, 6.07) is 38.1. The first-order valence-corrected chi connectivity index (χ1v) is 12.7. The lowest BCUT2D eigenvalue weighted by Gasteiger charge is -2.43. The second-order valence-corrected chi connectivity index (χ2v) is 10.7. The molecule has 0 saturated carbocycles. The van der Waals surface area contributed by atoms with Gasteiger partial charge in [0.2, 0.25) is 0 Å². The standard InChI is InChI=1S/C31H19BrS/c32-24-15-16-26-23(17-24)14-13-20-7-3-4-10-25(20)31(26)27-11-5-6-12-29(27)33-30-19-22-9-2-1-8-21(22)18-28(30)31/h1-19H. The molecule has 0 amide bonds. The summed E-state index contributed by atoms with van der Waals surface area (Å²) in [4.78, 5) is 2.66. The second kappa shape index (κ2) is 7.21. The summed E-state index contributed by atoms with van der Waals surface area (Å²) in [6.07, 6.45) is 4.55. The molecule has 1 aliphatic carbocycles. The van der Waals surface area contributed by atoms with Crippen molar-refractivity contribution in [2.24, 2.45) is 0 Å². The molecule has 2 aliphatic rings. The number of benzene rings is 5. The average molecular weight is 503 g/mol. The van der Waals surface area contributed by atoms with E-state index in [1.54, 1.807) is 0 Å². The van der Waals surface area contributed by atoms with Crippen LogP contribution < -0.4 is 0 Å². The van der Waals surface area contributed by atoms with Crippen LogP contribution in [0.1, 0.15) is 33.4 Å². The Bertz CT molecular complexity index is 1610. The van der Waals surface area contributed by atoms with Gasteiger partial charge in [-0.3, -0.25) is 0 Å². The third-order valence-electron chi connectivity index (χ3n) is 6.99. The van der Waals surface area contributed by atoms with Crippen LogP contribution in [0.4, 0.5) is 0 Å². The molecule has 156 valence electrons. The van der Waals surface area contributed by atoms with Gasteiger partial charge >= 0.3 is 0 Å². The fourth-order valence-electron chi connectivity index (χ4n) is 5.63. The van der Waals surface area contributed by atoms with Crippen molar-refractivity contribution < 1.29 is 0 Å². The van der Waals surface area contributed by atoms with Crippen LogP contribution in [0.3, 0.4) is 0 Å². The van der Waals surface area contributed by atoms with Gasteiger partial charge in [0.1, 0.15) is 0 Å². The topological polar surface area (TPSA) is 0 Å². The highest BCUT2D eigenvalue weighted by Gasteiger charge is 2.46. The Morgan fingerprint density at radius 3 is 2.06 bits per heavy atom. The van der Waals surface area contributed by atoms with E-state index in [-0.39, 0.29) is 0 Å². The minimum atomic E-state index is -0.392. The number of halogens is 1. The average Bonchev–Trinajstić information content (AvgIpc) is 2.99. The van der Waals surface area contributed by atoms with Crippen molar-refractivity contribution in [2.75, 3.05) is 0 Å². The molecule has 0 aromatic heterocycles. The first kappa shape index (κ1) is 19.4. The number of fused-ring (bicyclic) bond motifs is 9. The van der Waals surface area contributed by atoms with Gasteiger partial charge in [-0.05, 0) is 74.5 Å². The molecule has 0 nitrogen and oxygen atoms in total. The van der Waals surface area contributed by atoms with E-state index in [1.807, 2.05) is 11.8 Å². The number of rotatable bonds is 0. The molecule has 1 spiro atoms. The fourth-order valence-corrected chi connectivity index (χ4v) is 7.23. The Kier molecular flexibility index (Phi) is 4.24. The summed E-state index contributed by atoms with van der Waals surface area (Å²) in [6.45, 7) is 0. The lowest BCUT2D eigenvalue weighted by atomic mass is 9.63. The lowest BCUT2D eigenvalue weighted by Crippen LogP contribution is -2.35. The van der Waals surface area contributed by atoms with Gasteiger partial charge in [0, 0.05) is 14.3 Å². The molecule has 5 aromatic carbocycles. The summed E-state index contributed by atoms with van der Waals surface area (Å²) < 4.78 is 1.10. The van der Waals surface area contributed by atoms with Crippen LogP contribution >= 0.6 is 27.7 Å². The molecule has 33 heavy (non-hydrogen) atoms. The second-order valence-electron chi connectivity index (χ2n) is 8.70. The zero-order chi connectivity index (χ0) is 22.0. The van der Waals surface area contributed by atoms with E-state index in [0.717, 1.165) is 4.47 Å². The van der Waals surface area contributed by atoms with Gasteiger partial charge < -0.3 is 0 Å². The molecular weight excluding hydrogens is 484 g/mol. The molecular formula is C31H19BrS. The van der Waals surface area contributed by atoms with Crippen LogP contribution in [-0.2, 0) is 5.41 Å². The third-order valence-corrected chi connectivity index (χ3v) is 8.61. The molecule has 2 heteroatoms. The van der Waals surface area contributed by atoms with Crippen molar-refractivity contribution >= 4 is 50.6 Å².